The first-order chi connectivity index (χ1) is 12.7. The van der Waals surface area contributed by atoms with E-state index in [2.05, 4.69) is 15.2 Å². The summed E-state index contributed by atoms with van der Waals surface area (Å²) in [5, 5.41) is 6.91. The summed E-state index contributed by atoms with van der Waals surface area (Å²) in [5.74, 6) is -1.08. The summed E-state index contributed by atoms with van der Waals surface area (Å²) in [7, 11) is 1.76. The van der Waals surface area contributed by atoms with E-state index in [1.807, 2.05) is 6.92 Å². The van der Waals surface area contributed by atoms with Gasteiger partial charge in [-0.05, 0) is 38.5 Å². The number of anilines is 1. The largest absolute Gasteiger partial charge is 0.452 e. The fourth-order valence-corrected chi connectivity index (χ4v) is 2.43. The van der Waals surface area contributed by atoms with Crippen molar-refractivity contribution in [2.75, 3.05) is 5.32 Å². The molecule has 1 heterocycles. The molecule has 1 N–H and O–H groups in total. The SMILES string of the molecule is Cc1nn(C)c(C)c1NC(=O)C(C)OC(=O)Cc1ccc(OC(F)F)cc1. The monoisotopic (exact) mass is 381 g/mol. The Balaban J connectivity index is 1.90. The van der Waals surface area contributed by atoms with Gasteiger partial charge in [0, 0.05) is 7.05 Å². The van der Waals surface area contributed by atoms with Gasteiger partial charge in [0.05, 0.1) is 23.5 Å². The Hall–Kier alpha value is -2.97. The lowest BCUT2D eigenvalue weighted by atomic mass is 10.1. The molecule has 1 aromatic carbocycles. The Labute approximate surface area is 155 Å². The van der Waals surface area contributed by atoms with Gasteiger partial charge in [-0.15, -0.1) is 0 Å². The molecule has 0 aliphatic carbocycles. The van der Waals surface area contributed by atoms with Crippen LogP contribution in [0.5, 0.6) is 5.75 Å². The standard InChI is InChI=1S/C18H21F2N3O4/c1-10-16(11(2)23(4)22-10)21-17(25)12(3)26-15(24)9-13-5-7-14(8-6-13)27-18(19)20/h5-8,12,18H,9H2,1-4H3,(H,21,25). The molecule has 0 saturated carbocycles. The third-order valence-electron chi connectivity index (χ3n) is 3.93. The number of aromatic nitrogens is 2. The van der Waals surface area contributed by atoms with Gasteiger partial charge in [0.15, 0.2) is 6.10 Å². The van der Waals surface area contributed by atoms with E-state index in [9.17, 15) is 18.4 Å². The molecule has 0 spiro atoms. The molecule has 0 saturated heterocycles. The van der Waals surface area contributed by atoms with Crippen LogP contribution in [0, 0.1) is 13.8 Å². The fraction of sp³-hybridized carbons (Fsp3) is 0.389. The number of nitrogens with one attached hydrogen (secondary N) is 1. The van der Waals surface area contributed by atoms with Crippen molar-refractivity contribution in [2.24, 2.45) is 7.05 Å². The summed E-state index contributed by atoms with van der Waals surface area (Å²) in [6.45, 7) is 2.13. The molecule has 146 valence electrons. The number of halogens is 2. The first-order valence-electron chi connectivity index (χ1n) is 8.21. The lowest BCUT2D eigenvalue weighted by Crippen LogP contribution is -2.30. The van der Waals surface area contributed by atoms with Gasteiger partial charge in [-0.1, -0.05) is 12.1 Å². The van der Waals surface area contributed by atoms with Crippen molar-refractivity contribution >= 4 is 17.6 Å². The quantitative estimate of drug-likeness (QED) is 0.746. The van der Waals surface area contributed by atoms with Gasteiger partial charge < -0.3 is 14.8 Å². The number of aryl methyl sites for hydroxylation is 2. The van der Waals surface area contributed by atoms with Gasteiger partial charge in [0.1, 0.15) is 5.75 Å². The molecule has 2 aromatic rings. The maximum atomic E-state index is 12.2. The number of esters is 1. The number of hydrogen-bond acceptors (Lipinski definition) is 5. The molecule has 9 heteroatoms. The Kier molecular flexibility index (Phi) is 6.49. The first-order valence-corrected chi connectivity index (χ1v) is 8.21. The molecule has 0 aliphatic heterocycles. The van der Waals surface area contributed by atoms with Crippen molar-refractivity contribution in [1.82, 2.24) is 9.78 Å². The molecule has 2 rings (SSSR count). The molecular formula is C18H21F2N3O4. The number of amides is 1. The highest BCUT2D eigenvalue weighted by Crippen LogP contribution is 2.19. The maximum absolute atomic E-state index is 12.2. The van der Waals surface area contributed by atoms with E-state index in [0.717, 1.165) is 5.69 Å². The molecule has 7 nitrogen and oxygen atoms in total. The van der Waals surface area contributed by atoms with Crippen LogP contribution in [0.2, 0.25) is 0 Å². The minimum absolute atomic E-state index is 0.00271. The zero-order valence-corrected chi connectivity index (χ0v) is 15.5. The van der Waals surface area contributed by atoms with Gasteiger partial charge in [-0.2, -0.15) is 13.9 Å². The van der Waals surface area contributed by atoms with E-state index in [-0.39, 0.29) is 12.2 Å². The summed E-state index contributed by atoms with van der Waals surface area (Å²) in [6.07, 6.45) is -1.10. The molecule has 0 radical (unpaired) electrons. The van der Waals surface area contributed by atoms with E-state index < -0.39 is 24.6 Å². The summed E-state index contributed by atoms with van der Waals surface area (Å²) in [5.41, 5.74) is 2.58. The van der Waals surface area contributed by atoms with Crippen LogP contribution in [-0.2, 0) is 27.8 Å². The van der Waals surface area contributed by atoms with E-state index in [4.69, 9.17) is 4.74 Å². The van der Waals surface area contributed by atoms with E-state index in [1.165, 1.54) is 31.2 Å². The number of benzene rings is 1. The predicted molar refractivity (Wildman–Crippen MR) is 93.6 cm³/mol. The molecule has 1 amide bonds. The summed E-state index contributed by atoms with van der Waals surface area (Å²) in [6, 6.07) is 5.62. The Morgan fingerprint density at radius 2 is 1.85 bits per heavy atom. The number of carbonyl (C=O) groups is 2. The Morgan fingerprint density at radius 3 is 2.37 bits per heavy atom. The zero-order valence-electron chi connectivity index (χ0n) is 15.5. The summed E-state index contributed by atoms with van der Waals surface area (Å²) < 4.78 is 35.3. The topological polar surface area (TPSA) is 82.5 Å². The van der Waals surface area contributed by atoms with Gasteiger partial charge in [-0.25, -0.2) is 0 Å². The summed E-state index contributed by atoms with van der Waals surface area (Å²) in [4.78, 5) is 24.3. The normalized spacial score (nSPS) is 12.0. The molecular weight excluding hydrogens is 360 g/mol. The van der Waals surface area contributed by atoms with Gasteiger partial charge in [0.2, 0.25) is 0 Å². The van der Waals surface area contributed by atoms with Crippen LogP contribution in [0.1, 0.15) is 23.9 Å². The second-order valence-electron chi connectivity index (χ2n) is 5.99. The third-order valence-corrected chi connectivity index (χ3v) is 3.93. The number of alkyl halides is 2. The molecule has 1 atom stereocenters. The highest BCUT2D eigenvalue weighted by atomic mass is 19.3. The van der Waals surface area contributed by atoms with Crippen molar-refractivity contribution in [1.29, 1.82) is 0 Å². The maximum Gasteiger partial charge on any atom is 0.387 e. The van der Waals surface area contributed by atoms with Crippen LogP contribution >= 0.6 is 0 Å². The van der Waals surface area contributed by atoms with Crippen LogP contribution in [0.15, 0.2) is 24.3 Å². The lowest BCUT2D eigenvalue weighted by molar-refractivity contribution is -0.152. The molecule has 0 aliphatic rings. The van der Waals surface area contributed by atoms with Crippen LogP contribution in [0.3, 0.4) is 0 Å². The van der Waals surface area contributed by atoms with Gasteiger partial charge in [0.25, 0.3) is 5.91 Å². The van der Waals surface area contributed by atoms with E-state index in [1.54, 1.807) is 18.7 Å². The zero-order chi connectivity index (χ0) is 20.1. The van der Waals surface area contributed by atoms with Gasteiger partial charge >= 0.3 is 12.6 Å². The third kappa shape index (κ3) is 5.50. The Morgan fingerprint density at radius 1 is 1.22 bits per heavy atom. The number of ether oxygens (including phenoxy) is 2. The predicted octanol–water partition coefficient (Wildman–Crippen LogP) is 2.75. The summed E-state index contributed by atoms with van der Waals surface area (Å²) >= 11 is 0. The van der Waals surface area contributed by atoms with Crippen molar-refractivity contribution in [3.8, 4) is 5.75 Å². The van der Waals surface area contributed by atoms with Crippen LogP contribution in [0.25, 0.3) is 0 Å². The average Bonchev–Trinajstić information content (AvgIpc) is 2.82. The second-order valence-corrected chi connectivity index (χ2v) is 5.99. The van der Waals surface area contributed by atoms with Gasteiger partial charge in [-0.3, -0.25) is 14.3 Å². The molecule has 27 heavy (non-hydrogen) atoms. The first kappa shape index (κ1) is 20.3. The minimum Gasteiger partial charge on any atom is -0.452 e. The highest BCUT2D eigenvalue weighted by molar-refractivity contribution is 5.96. The second kappa shape index (κ2) is 8.61. The van der Waals surface area contributed by atoms with Crippen molar-refractivity contribution in [3.05, 3.63) is 41.2 Å². The average molecular weight is 381 g/mol. The van der Waals surface area contributed by atoms with E-state index >= 15 is 0 Å². The smallest absolute Gasteiger partial charge is 0.387 e. The minimum atomic E-state index is -2.91. The number of carbonyl (C=O) groups excluding carboxylic acids is 2. The molecule has 1 unspecified atom stereocenters. The lowest BCUT2D eigenvalue weighted by Gasteiger charge is -2.14. The number of hydrogen-bond donors (Lipinski definition) is 1. The van der Waals surface area contributed by atoms with Crippen molar-refractivity contribution in [2.45, 2.75) is 39.9 Å². The highest BCUT2D eigenvalue weighted by Gasteiger charge is 2.21. The fourth-order valence-electron chi connectivity index (χ4n) is 2.43. The van der Waals surface area contributed by atoms with Crippen molar-refractivity contribution in [3.63, 3.8) is 0 Å². The Bertz CT molecular complexity index is 819. The molecule has 1 aromatic heterocycles. The van der Waals surface area contributed by atoms with Crippen LogP contribution in [0.4, 0.5) is 14.5 Å². The van der Waals surface area contributed by atoms with Crippen molar-refractivity contribution < 1.29 is 27.8 Å². The molecule has 0 bridgehead atoms. The number of rotatable bonds is 7. The van der Waals surface area contributed by atoms with Crippen LogP contribution in [-0.4, -0.2) is 34.4 Å². The molecule has 0 fully saturated rings. The van der Waals surface area contributed by atoms with Crippen LogP contribution < -0.4 is 10.1 Å². The number of nitrogens with zero attached hydrogens (tertiary/aromatic N) is 2. The van der Waals surface area contributed by atoms with E-state index in [0.29, 0.717) is 16.9 Å².